The van der Waals surface area contributed by atoms with Crippen LogP contribution in [-0.4, -0.2) is 51.9 Å². The van der Waals surface area contributed by atoms with Gasteiger partial charge < -0.3 is 15.3 Å². The maximum atomic E-state index is 13.1. The third-order valence-electron chi connectivity index (χ3n) is 6.70. The molecular weight excluding hydrogens is 468 g/mol. The van der Waals surface area contributed by atoms with Crippen LogP contribution in [0, 0.1) is 5.92 Å². The van der Waals surface area contributed by atoms with E-state index in [1.54, 1.807) is 24.1 Å². The van der Waals surface area contributed by atoms with Crippen molar-refractivity contribution in [1.82, 2.24) is 15.2 Å². The molecule has 2 N–H and O–H groups in total. The van der Waals surface area contributed by atoms with Crippen LogP contribution in [0.5, 0.6) is 0 Å². The van der Waals surface area contributed by atoms with Crippen molar-refractivity contribution in [2.24, 2.45) is 5.92 Å². The molecule has 200 valence electrons. The molecule has 1 aromatic heterocycles. The molecule has 1 aliphatic rings. The molecule has 0 radical (unpaired) electrons. The van der Waals surface area contributed by atoms with Crippen molar-refractivity contribution in [2.75, 3.05) is 18.0 Å². The van der Waals surface area contributed by atoms with Gasteiger partial charge in [0.15, 0.2) is 0 Å². The lowest BCUT2D eigenvalue weighted by Crippen LogP contribution is -2.41. The number of benzene rings is 1. The van der Waals surface area contributed by atoms with E-state index in [9.17, 15) is 19.5 Å². The second-order valence-electron chi connectivity index (χ2n) is 10.3. The van der Waals surface area contributed by atoms with Gasteiger partial charge in [0.1, 0.15) is 6.04 Å². The largest absolute Gasteiger partial charge is 0.480 e. The molecule has 2 heterocycles. The van der Waals surface area contributed by atoms with Gasteiger partial charge in [-0.3, -0.25) is 19.5 Å². The van der Waals surface area contributed by atoms with E-state index in [4.69, 9.17) is 0 Å². The fourth-order valence-corrected chi connectivity index (χ4v) is 4.84. The number of fused-ring (bicyclic) bond motifs is 1. The van der Waals surface area contributed by atoms with Gasteiger partial charge in [-0.2, -0.15) is 0 Å². The fourth-order valence-electron chi connectivity index (χ4n) is 4.84. The summed E-state index contributed by atoms with van der Waals surface area (Å²) < 4.78 is 0. The molecule has 3 rings (SSSR count). The number of amides is 2. The zero-order chi connectivity index (χ0) is 26.8. The predicted octanol–water partition coefficient (Wildman–Crippen LogP) is 4.63. The van der Waals surface area contributed by atoms with E-state index in [0.717, 1.165) is 55.5 Å². The lowest BCUT2D eigenvalue weighted by atomic mass is 10.0. The maximum Gasteiger partial charge on any atom is 0.326 e. The zero-order valence-corrected chi connectivity index (χ0v) is 22.3. The van der Waals surface area contributed by atoms with E-state index < -0.39 is 17.9 Å². The van der Waals surface area contributed by atoms with Crippen LogP contribution in [0.3, 0.4) is 0 Å². The summed E-state index contributed by atoms with van der Waals surface area (Å²) in [5.41, 5.74) is 3.18. The topological polar surface area (TPSA) is 103 Å². The van der Waals surface area contributed by atoms with Crippen LogP contribution >= 0.6 is 0 Å². The first-order valence-electron chi connectivity index (χ1n) is 13.3. The zero-order valence-electron chi connectivity index (χ0n) is 22.3. The number of hydrogen-bond donors (Lipinski definition) is 2. The maximum absolute atomic E-state index is 13.1. The normalized spacial score (nSPS) is 16.3. The summed E-state index contributed by atoms with van der Waals surface area (Å²) in [4.78, 5) is 45.9. The molecule has 1 atom stereocenters. The Kier molecular flexibility index (Phi) is 10.6. The highest BCUT2D eigenvalue weighted by atomic mass is 16.4. The van der Waals surface area contributed by atoms with Crippen LogP contribution < -0.4 is 10.2 Å². The van der Waals surface area contributed by atoms with Gasteiger partial charge in [-0.05, 0) is 67.1 Å². The number of carboxylic acids is 1. The predicted molar refractivity (Wildman–Crippen MR) is 144 cm³/mol. The third kappa shape index (κ3) is 8.67. The van der Waals surface area contributed by atoms with Crippen molar-refractivity contribution in [3.63, 3.8) is 0 Å². The van der Waals surface area contributed by atoms with Crippen LogP contribution in [0.25, 0.3) is 0 Å². The first-order valence-corrected chi connectivity index (χ1v) is 13.3. The molecule has 2 aromatic rings. The van der Waals surface area contributed by atoms with Crippen molar-refractivity contribution in [3.05, 3.63) is 59.4 Å². The molecule has 1 aliphatic heterocycles. The van der Waals surface area contributed by atoms with Crippen LogP contribution in [0.4, 0.5) is 5.69 Å². The van der Waals surface area contributed by atoms with Crippen molar-refractivity contribution in [1.29, 1.82) is 0 Å². The van der Waals surface area contributed by atoms with Crippen molar-refractivity contribution in [3.8, 4) is 0 Å². The van der Waals surface area contributed by atoms with Crippen molar-refractivity contribution < 1.29 is 19.5 Å². The number of anilines is 1. The van der Waals surface area contributed by atoms with Gasteiger partial charge in [-0.15, -0.1) is 0 Å². The second-order valence-corrected chi connectivity index (χ2v) is 10.3. The monoisotopic (exact) mass is 508 g/mol. The Hall–Kier alpha value is -3.26. The van der Waals surface area contributed by atoms with Crippen LogP contribution in [0.2, 0.25) is 0 Å². The molecular formula is C29H40N4O4. The van der Waals surface area contributed by atoms with E-state index in [1.165, 1.54) is 0 Å². The third-order valence-corrected chi connectivity index (χ3v) is 6.70. The Bertz CT molecular complexity index is 1060. The summed E-state index contributed by atoms with van der Waals surface area (Å²) in [6, 6.07) is 8.36. The minimum atomic E-state index is -1.04. The van der Waals surface area contributed by atoms with Gasteiger partial charge in [-0.25, -0.2) is 4.79 Å². The minimum Gasteiger partial charge on any atom is -0.480 e. The van der Waals surface area contributed by atoms with Gasteiger partial charge in [0.2, 0.25) is 5.91 Å². The van der Waals surface area contributed by atoms with E-state index in [-0.39, 0.29) is 11.8 Å². The van der Waals surface area contributed by atoms with Gasteiger partial charge >= 0.3 is 5.97 Å². The average molecular weight is 509 g/mol. The molecule has 8 nitrogen and oxygen atoms in total. The van der Waals surface area contributed by atoms with E-state index >= 15 is 0 Å². The molecule has 0 unspecified atom stereocenters. The lowest BCUT2D eigenvalue weighted by molar-refractivity contribution is -0.139. The molecule has 0 bridgehead atoms. The summed E-state index contributed by atoms with van der Waals surface area (Å²) in [6.07, 6.45) is 9.30. The van der Waals surface area contributed by atoms with Gasteiger partial charge in [-0.1, -0.05) is 39.2 Å². The van der Waals surface area contributed by atoms with E-state index in [1.807, 2.05) is 38.2 Å². The Morgan fingerprint density at radius 2 is 1.78 bits per heavy atom. The number of nitrogens with one attached hydrogen (secondary N) is 1. The van der Waals surface area contributed by atoms with Crippen LogP contribution in [0.15, 0.2) is 42.7 Å². The molecule has 0 saturated carbocycles. The van der Waals surface area contributed by atoms with Crippen molar-refractivity contribution in [2.45, 2.75) is 78.4 Å². The molecule has 2 amide bonds. The Morgan fingerprint density at radius 3 is 2.43 bits per heavy atom. The highest BCUT2D eigenvalue weighted by Crippen LogP contribution is 2.27. The number of carbonyl (C=O) groups is 3. The molecule has 0 spiro atoms. The SMILES string of the molecule is CC(=O)N1CCCCCCCN(Cc2cccnc2)Cc2cc(C(=O)N[C@@H](CC(C)C)C(=O)O)ccc21. The fraction of sp³-hybridized carbons (Fsp3) is 0.517. The average Bonchev–Trinajstić information content (AvgIpc) is 2.84. The standard InChI is InChI=1S/C29H40N4O4/c1-21(2)16-26(29(36)37)31-28(35)24-11-12-27-25(17-24)20-32(19-23-10-9-13-30-18-23)14-7-5-4-6-8-15-33(27)22(3)34/h9-13,17-18,21,26H,4-8,14-16,19-20H2,1-3H3,(H,31,35)(H,36,37)/t26-/m0/s1. The van der Waals surface area contributed by atoms with Crippen LogP contribution in [0.1, 0.15) is 80.8 Å². The Morgan fingerprint density at radius 1 is 1.05 bits per heavy atom. The number of nitrogens with zero attached hydrogens (tertiary/aromatic N) is 3. The summed E-state index contributed by atoms with van der Waals surface area (Å²) in [5.74, 6) is -1.37. The number of aromatic nitrogens is 1. The van der Waals surface area contributed by atoms with E-state index in [0.29, 0.717) is 31.6 Å². The van der Waals surface area contributed by atoms with Gasteiger partial charge in [0.05, 0.1) is 0 Å². The summed E-state index contributed by atoms with van der Waals surface area (Å²) in [5, 5.41) is 12.3. The number of aliphatic carboxylic acids is 1. The summed E-state index contributed by atoms with van der Waals surface area (Å²) in [7, 11) is 0. The molecule has 8 heteroatoms. The number of carboxylic acid groups (broad SMARTS) is 1. The highest BCUT2D eigenvalue weighted by molar-refractivity contribution is 5.98. The molecule has 0 aliphatic carbocycles. The summed E-state index contributed by atoms with van der Waals surface area (Å²) >= 11 is 0. The molecule has 0 fully saturated rings. The Labute approximate surface area is 220 Å². The van der Waals surface area contributed by atoms with Crippen molar-refractivity contribution >= 4 is 23.5 Å². The quantitative estimate of drug-likeness (QED) is 0.565. The molecule has 1 aromatic carbocycles. The number of hydrogen-bond acceptors (Lipinski definition) is 5. The number of rotatable bonds is 7. The van der Waals surface area contributed by atoms with Gasteiger partial charge in [0.25, 0.3) is 5.91 Å². The number of carbonyl (C=O) groups excluding carboxylic acids is 2. The Balaban J connectivity index is 1.96. The van der Waals surface area contributed by atoms with Crippen LogP contribution in [-0.2, 0) is 22.7 Å². The lowest BCUT2D eigenvalue weighted by Gasteiger charge is -2.29. The molecule has 37 heavy (non-hydrogen) atoms. The van der Waals surface area contributed by atoms with Gasteiger partial charge in [0, 0.05) is 50.2 Å². The number of pyridine rings is 1. The minimum absolute atomic E-state index is 0.0304. The first-order chi connectivity index (χ1) is 17.7. The second kappa shape index (κ2) is 13.9. The van der Waals surface area contributed by atoms with E-state index in [2.05, 4.69) is 21.3 Å². The summed E-state index contributed by atoms with van der Waals surface area (Å²) in [6.45, 7) is 8.22. The highest BCUT2D eigenvalue weighted by Gasteiger charge is 2.24. The smallest absolute Gasteiger partial charge is 0.326 e. The first kappa shape index (κ1) is 28.3. The molecule has 0 saturated heterocycles.